The van der Waals surface area contributed by atoms with Crippen molar-refractivity contribution in [3.63, 3.8) is 0 Å². The van der Waals surface area contributed by atoms with Crippen LogP contribution in [0.15, 0.2) is 45.9 Å². The lowest BCUT2D eigenvalue weighted by atomic mass is 10.1. The number of hydrogen-bond donors (Lipinski definition) is 1. The molecule has 1 aromatic heterocycles. The highest BCUT2D eigenvalue weighted by Crippen LogP contribution is 2.33. The van der Waals surface area contributed by atoms with Crippen LogP contribution in [0.5, 0.6) is 0 Å². The van der Waals surface area contributed by atoms with E-state index in [1.54, 1.807) is 31.4 Å². The molecule has 0 saturated carbocycles. The zero-order valence-electron chi connectivity index (χ0n) is 10.3. The summed E-state index contributed by atoms with van der Waals surface area (Å²) in [4.78, 5) is 11.2. The molecule has 0 amide bonds. The Kier molecular flexibility index (Phi) is 4.24. The third-order valence-corrected chi connectivity index (χ3v) is 3.70. The molecule has 1 atom stereocenters. The number of nitro benzene ring substituents is 1. The summed E-state index contributed by atoms with van der Waals surface area (Å²) in [6.07, 6.45) is 0.851. The summed E-state index contributed by atoms with van der Waals surface area (Å²) in [5.74, 6) is 1.29. The van der Waals surface area contributed by atoms with Crippen molar-refractivity contribution in [2.24, 2.45) is 0 Å². The van der Waals surface area contributed by atoms with E-state index in [1.165, 1.54) is 17.8 Å². The van der Waals surface area contributed by atoms with Crippen molar-refractivity contribution in [3.05, 3.63) is 58.0 Å². The van der Waals surface area contributed by atoms with Gasteiger partial charge in [0.15, 0.2) is 0 Å². The predicted molar refractivity (Wildman–Crippen MR) is 72.0 cm³/mol. The topological polar surface area (TPSA) is 76.5 Å². The Labute approximate surface area is 114 Å². The Morgan fingerprint density at radius 1 is 1.47 bits per heavy atom. The van der Waals surface area contributed by atoms with Gasteiger partial charge in [0.25, 0.3) is 5.69 Å². The number of benzene rings is 1. The monoisotopic (exact) mass is 279 g/mol. The van der Waals surface area contributed by atoms with Crippen molar-refractivity contribution in [1.82, 2.24) is 0 Å². The Morgan fingerprint density at radius 3 is 2.84 bits per heavy atom. The summed E-state index contributed by atoms with van der Waals surface area (Å²) in [5.41, 5.74) is 0.545. The number of hydrogen-bond acceptors (Lipinski definition) is 5. The van der Waals surface area contributed by atoms with E-state index in [0.29, 0.717) is 16.2 Å². The SMILES string of the molecule is CC(O)c1ccc(SCc2ccco2)c([N+](=O)[O-])c1. The summed E-state index contributed by atoms with van der Waals surface area (Å²) >= 11 is 1.34. The first kappa shape index (κ1) is 13.6. The summed E-state index contributed by atoms with van der Waals surface area (Å²) in [6, 6.07) is 8.37. The van der Waals surface area contributed by atoms with E-state index in [4.69, 9.17) is 4.42 Å². The highest BCUT2D eigenvalue weighted by molar-refractivity contribution is 7.98. The molecule has 6 heteroatoms. The normalized spacial score (nSPS) is 12.3. The van der Waals surface area contributed by atoms with Crippen molar-refractivity contribution < 1.29 is 14.4 Å². The quantitative estimate of drug-likeness (QED) is 0.514. The molecule has 1 unspecified atom stereocenters. The average Bonchev–Trinajstić information content (AvgIpc) is 2.89. The molecule has 19 heavy (non-hydrogen) atoms. The fourth-order valence-corrected chi connectivity index (χ4v) is 2.51. The maximum Gasteiger partial charge on any atom is 0.283 e. The summed E-state index contributed by atoms with van der Waals surface area (Å²) in [7, 11) is 0. The van der Waals surface area contributed by atoms with Gasteiger partial charge >= 0.3 is 0 Å². The minimum Gasteiger partial charge on any atom is -0.468 e. The number of thioether (sulfide) groups is 1. The van der Waals surface area contributed by atoms with Gasteiger partial charge in [-0.05, 0) is 30.7 Å². The van der Waals surface area contributed by atoms with Crippen molar-refractivity contribution in [3.8, 4) is 0 Å². The molecule has 0 saturated heterocycles. The van der Waals surface area contributed by atoms with Gasteiger partial charge in [0.2, 0.25) is 0 Å². The molecular weight excluding hydrogens is 266 g/mol. The fraction of sp³-hybridized carbons (Fsp3) is 0.231. The van der Waals surface area contributed by atoms with E-state index < -0.39 is 11.0 Å². The molecule has 5 nitrogen and oxygen atoms in total. The van der Waals surface area contributed by atoms with E-state index in [0.717, 1.165) is 5.76 Å². The van der Waals surface area contributed by atoms with Crippen LogP contribution in [0.3, 0.4) is 0 Å². The van der Waals surface area contributed by atoms with Crippen molar-refractivity contribution in [2.45, 2.75) is 23.7 Å². The van der Waals surface area contributed by atoms with Crippen LogP contribution < -0.4 is 0 Å². The van der Waals surface area contributed by atoms with Crippen LogP contribution in [-0.2, 0) is 5.75 Å². The third-order valence-electron chi connectivity index (χ3n) is 2.61. The molecule has 0 fully saturated rings. The first-order valence-electron chi connectivity index (χ1n) is 5.69. The molecule has 0 aliphatic rings. The molecular formula is C13H13NO4S. The largest absolute Gasteiger partial charge is 0.468 e. The van der Waals surface area contributed by atoms with E-state index in [1.807, 2.05) is 6.07 Å². The molecule has 2 aromatic rings. The minimum absolute atomic E-state index is 0.00922. The molecule has 100 valence electrons. The Morgan fingerprint density at radius 2 is 2.26 bits per heavy atom. The first-order valence-corrected chi connectivity index (χ1v) is 6.68. The molecule has 0 aliphatic heterocycles. The average molecular weight is 279 g/mol. The van der Waals surface area contributed by atoms with Gasteiger partial charge in [-0.1, -0.05) is 6.07 Å². The standard InChI is InChI=1S/C13H13NO4S/c1-9(15)10-4-5-13(12(7-10)14(16)17)19-8-11-3-2-6-18-11/h2-7,9,15H,8H2,1H3. The van der Waals surface area contributed by atoms with Crippen molar-refractivity contribution >= 4 is 17.4 Å². The van der Waals surface area contributed by atoms with Crippen molar-refractivity contribution in [1.29, 1.82) is 0 Å². The van der Waals surface area contributed by atoms with Gasteiger partial charge in [-0.15, -0.1) is 11.8 Å². The summed E-state index contributed by atoms with van der Waals surface area (Å²) in [6.45, 7) is 1.58. The molecule has 1 heterocycles. The molecule has 1 aromatic carbocycles. The summed E-state index contributed by atoms with van der Waals surface area (Å²) in [5, 5.41) is 20.5. The van der Waals surface area contributed by atoms with Crippen LogP contribution >= 0.6 is 11.8 Å². The molecule has 0 radical (unpaired) electrons. The van der Waals surface area contributed by atoms with Gasteiger partial charge in [-0.25, -0.2) is 0 Å². The highest BCUT2D eigenvalue weighted by Gasteiger charge is 2.17. The Balaban J connectivity index is 2.21. The number of aliphatic hydroxyl groups excluding tert-OH is 1. The van der Waals surface area contributed by atoms with Gasteiger partial charge in [0.1, 0.15) is 5.76 Å². The van der Waals surface area contributed by atoms with Gasteiger partial charge in [0, 0.05) is 6.07 Å². The van der Waals surface area contributed by atoms with E-state index in [-0.39, 0.29) is 5.69 Å². The second-order valence-corrected chi connectivity index (χ2v) is 5.05. The zero-order valence-corrected chi connectivity index (χ0v) is 11.1. The number of nitro groups is 1. The lowest BCUT2D eigenvalue weighted by molar-refractivity contribution is -0.387. The minimum atomic E-state index is -0.720. The maximum absolute atomic E-state index is 11.0. The van der Waals surface area contributed by atoms with Gasteiger partial charge in [-0.3, -0.25) is 10.1 Å². The zero-order chi connectivity index (χ0) is 13.8. The Hall–Kier alpha value is -1.79. The first-order chi connectivity index (χ1) is 9.08. The lowest BCUT2D eigenvalue weighted by Crippen LogP contribution is -1.96. The molecule has 1 N–H and O–H groups in total. The number of rotatable bonds is 5. The van der Waals surface area contributed by atoms with Crippen LogP contribution in [0, 0.1) is 10.1 Å². The lowest BCUT2D eigenvalue weighted by Gasteiger charge is -2.07. The fourth-order valence-electron chi connectivity index (χ4n) is 1.60. The number of furan rings is 1. The maximum atomic E-state index is 11.0. The molecule has 2 rings (SSSR count). The van der Waals surface area contributed by atoms with E-state index >= 15 is 0 Å². The van der Waals surface area contributed by atoms with E-state index in [9.17, 15) is 15.2 Å². The van der Waals surface area contributed by atoms with Crippen LogP contribution in [0.25, 0.3) is 0 Å². The van der Waals surface area contributed by atoms with Crippen LogP contribution in [0.1, 0.15) is 24.4 Å². The van der Waals surface area contributed by atoms with E-state index in [2.05, 4.69) is 0 Å². The van der Waals surface area contributed by atoms with Gasteiger partial charge in [-0.2, -0.15) is 0 Å². The van der Waals surface area contributed by atoms with Crippen LogP contribution in [0.4, 0.5) is 5.69 Å². The second-order valence-electron chi connectivity index (χ2n) is 4.03. The number of aliphatic hydroxyl groups is 1. The second kappa shape index (κ2) is 5.90. The molecule has 0 bridgehead atoms. The molecule has 0 aliphatic carbocycles. The summed E-state index contributed by atoms with van der Waals surface area (Å²) < 4.78 is 5.19. The highest BCUT2D eigenvalue weighted by atomic mass is 32.2. The Bertz CT molecular complexity index is 566. The van der Waals surface area contributed by atoms with Gasteiger partial charge < -0.3 is 9.52 Å². The van der Waals surface area contributed by atoms with Crippen LogP contribution in [0.2, 0.25) is 0 Å². The third kappa shape index (κ3) is 3.36. The molecule has 0 spiro atoms. The van der Waals surface area contributed by atoms with Gasteiger partial charge in [0.05, 0.1) is 27.9 Å². The van der Waals surface area contributed by atoms with Crippen LogP contribution in [-0.4, -0.2) is 10.0 Å². The van der Waals surface area contributed by atoms with Crippen molar-refractivity contribution in [2.75, 3.05) is 0 Å². The number of nitrogens with zero attached hydrogens (tertiary/aromatic N) is 1. The smallest absolute Gasteiger partial charge is 0.283 e. The predicted octanol–water partition coefficient (Wildman–Crippen LogP) is 3.53.